The van der Waals surface area contributed by atoms with Gasteiger partial charge in [-0.3, -0.25) is 19.3 Å². The zero-order valence-corrected chi connectivity index (χ0v) is 15.6. The molecule has 138 valence electrons. The van der Waals surface area contributed by atoms with E-state index in [4.69, 9.17) is 12.2 Å². The van der Waals surface area contributed by atoms with Gasteiger partial charge in [0.1, 0.15) is 6.54 Å². The van der Waals surface area contributed by atoms with Crippen molar-refractivity contribution in [1.82, 2.24) is 25.0 Å². The van der Waals surface area contributed by atoms with Crippen LogP contribution in [0.2, 0.25) is 0 Å². The number of carbonyl (C=O) groups is 2. The fourth-order valence-corrected chi connectivity index (χ4v) is 3.22. The third-order valence-electron chi connectivity index (χ3n) is 4.49. The third kappa shape index (κ3) is 4.37. The Morgan fingerprint density at radius 2 is 1.92 bits per heavy atom. The molecule has 2 aromatic rings. The number of hydrogen-bond acceptors (Lipinski definition) is 4. The smallest absolute Gasteiger partial charge is 0.240 e. The second-order valence-electron chi connectivity index (χ2n) is 6.49. The van der Waals surface area contributed by atoms with Gasteiger partial charge >= 0.3 is 0 Å². The van der Waals surface area contributed by atoms with E-state index in [1.54, 1.807) is 4.57 Å². The molecule has 0 radical (unpaired) electrons. The van der Waals surface area contributed by atoms with E-state index in [1.807, 2.05) is 36.1 Å². The molecule has 26 heavy (non-hydrogen) atoms. The van der Waals surface area contributed by atoms with Crippen molar-refractivity contribution < 1.29 is 9.59 Å². The van der Waals surface area contributed by atoms with E-state index in [9.17, 15) is 9.59 Å². The van der Waals surface area contributed by atoms with Crippen molar-refractivity contribution in [3.05, 3.63) is 34.6 Å². The zero-order valence-electron chi connectivity index (χ0n) is 14.8. The lowest BCUT2D eigenvalue weighted by Gasteiger charge is -2.15. The molecule has 1 aliphatic rings. The first-order valence-electron chi connectivity index (χ1n) is 8.81. The van der Waals surface area contributed by atoms with Crippen molar-refractivity contribution in [2.24, 2.45) is 0 Å². The predicted octanol–water partition coefficient (Wildman–Crippen LogP) is 2.04. The summed E-state index contributed by atoms with van der Waals surface area (Å²) in [5.41, 5.74) is 2.04. The molecule has 1 aromatic heterocycles. The molecule has 3 rings (SSSR count). The summed E-state index contributed by atoms with van der Waals surface area (Å²) >= 11 is 5.25. The van der Waals surface area contributed by atoms with Gasteiger partial charge in [0, 0.05) is 31.6 Å². The van der Waals surface area contributed by atoms with Crippen LogP contribution in [0.1, 0.15) is 24.8 Å². The fraction of sp³-hybridized carbons (Fsp3) is 0.444. The van der Waals surface area contributed by atoms with E-state index in [1.165, 1.54) is 0 Å². The maximum atomic E-state index is 12.3. The van der Waals surface area contributed by atoms with Crippen LogP contribution in [0.25, 0.3) is 11.4 Å². The number of rotatable bonds is 6. The lowest BCUT2D eigenvalue weighted by atomic mass is 10.1. The molecule has 1 fully saturated rings. The van der Waals surface area contributed by atoms with Crippen LogP contribution in [0.4, 0.5) is 0 Å². The van der Waals surface area contributed by atoms with Gasteiger partial charge in [-0.1, -0.05) is 29.8 Å². The molecule has 8 heteroatoms. The summed E-state index contributed by atoms with van der Waals surface area (Å²) in [6.45, 7) is 4.07. The number of nitrogens with one attached hydrogen (secondary N) is 2. The van der Waals surface area contributed by atoms with Gasteiger partial charge < -0.3 is 10.2 Å². The predicted molar refractivity (Wildman–Crippen MR) is 101 cm³/mol. The zero-order chi connectivity index (χ0) is 18.5. The summed E-state index contributed by atoms with van der Waals surface area (Å²) in [5.74, 6) is 0.534. The number of aryl methyl sites for hydroxylation is 1. The lowest BCUT2D eigenvalue weighted by Crippen LogP contribution is -2.34. The van der Waals surface area contributed by atoms with Crippen molar-refractivity contribution in [3.8, 4) is 11.4 Å². The quantitative estimate of drug-likeness (QED) is 0.759. The summed E-state index contributed by atoms with van der Waals surface area (Å²) in [6.07, 6.45) is 2.46. The van der Waals surface area contributed by atoms with Crippen molar-refractivity contribution in [2.75, 3.05) is 19.6 Å². The minimum atomic E-state index is -0.190. The molecule has 0 aliphatic carbocycles. The van der Waals surface area contributed by atoms with Crippen LogP contribution in [0.3, 0.4) is 0 Å². The number of nitrogens with zero attached hydrogens (tertiary/aromatic N) is 3. The molecule has 2 N–H and O–H groups in total. The van der Waals surface area contributed by atoms with E-state index in [2.05, 4.69) is 15.5 Å². The van der Waals surface area contributed by atoms with Crippen LogP contribution < -0.4 is 5.32 Å². The van der Waals surface area contributed by atoms with Crippen LogP contribution in [0, 0.1) is 11.7 Å². The van der Waals surface area contributed by atoms with Crippen LogP contribution >= 0.6 is 12.2 Å². The van der Waals surface area contributed by atoms with Gasteiger partial charge in [-0.2, -0.15) is 5.10 Å². The van der Waals surface area contributed by atoms with E-state index in [-0.39, 0.29) is 18.4 Å². The highest BCUT2D eigenvalue weighted by molar-refractivity contribution is 7.71. The minimum Gasteiger partial charge on any atom is -0.354 e. The Labute approximate surface area is 157 Å². The second-order valence-corrected chi connectivity index (χ2v) is 6.88. The number of H-pyrrole nitrogens is 1. The Balaban J connectivity index is 1.57. The molecule has 0 spiro atoms. The average Bonchev–Trinajstić information content (AvgIpc) is 3.27. The van der Waals surface area contributed by atoms with E-state index >= 15 is 0 Å². The number of likely N-dealkylation sites (tertiary alicyclic amines) is 1. The number of aromatic nitrogens is 3. The number of carbonyl (C=O) groups excluding carboxylic acids is 2. The topological polar surface area (TPSA) is 83.0 Å². The fourth-order valence-electron chi connectivity index (χ4n) is 3.02. The van der Waals surface area contributed by atoms with Gasteiger partial charge in [0.25, 0.3) is 0 Å². The average molecular weight is 373 g/mol. The molecule has 7 nitrogen and oxygen atoms in total. The van der Waals surface area contributed by atoms with Gasteiger partial charge in [-0.15, -0.1) is 0 Å². The van der Waals surface area contributed by atoms with Gasteiger partial charge in [-0.05, 0) is 32.0 Å². The Morgan fingerprint density at radius 1 is 1.23 bits per heavy atom. The van der Waals surface area contributed by atoms with Gasteiger partial charge in [0.2, 0.25) is 11.8 Å². The summed E-state index contributed by atoms with van der Waals surface area (Å²) in [7, 11) is 0. The normalized spacial score (nSPS) is 13.8. The van der Waals surface area contributed by atoms with Crippen LogP contribution in [0.5, 0.6) is 0 Å². The molecule has 1 aromatic carbocycles. The molecule has 2 heterocycles. The van der Waals surface area contributed by atoms with Crippen molar-refractivity contribution in [2.45, 2.75) is 32.7 Å². The van der Waals surface area contributed by atoms with Crippen LogP contribution in [-0.2, 0) is 16.1 Å². The first-order chi connectivity index (χ1) is 12.5. The molecule has 0 atom stereocenters. The van der Waals surface area contributed by atoms with Gasteiger partial charge in [0.05, 0.1) is 0 Å². The summed E-state index contributed by atoms with van der Waals surface area (Å²) < 4.78 is 2.06. The maximum absolute atomic E-state index is 12.3. The minimum absolute atomic E-state index is 0.0659. The van der Waals surface area contributed by atoms with Crippen molar-refractivity contribution >= 4 is 24.0 Å². The van der Waals surface area contributed by atoms with Gasteiger partial charge in [-0.25, -0.2) is 0 Å². The highest BCUT2D eigenvalue weighted by Gasteiger charge is 2.18. The second kappa shape index (κ2) is 8.27. The Morgan fingerprint density at radius 3 is 2.62 bits per heavy atom. The first kappa shape index (κ1) is 18.3. The standard InChI is InChI=1S/C18H23N5O2S/c1-13-4-6-14(7-5-13)17-20-21-18(26)23(17)12-15(24)19-9-8-16(25)22-10-2-3-11-22/h4-7H,2-3,8-12H2,1H3,(H,19,24)(H,21,26). The molecule has 0 bridgehead atoms. The largest absolute Gasteiger partial charge is 0.354 e. The van der Waals surface area contributed by atoms with Gasteiger partial charge in [0.15, 0.2) is 10.6 Å². The third-order valence-corrected chi connectivity index (χ3v) is 4.80. The van der Waals surface area contributed by atoms with E-state index < -0.39 is 0 Å². The monoisotopic (exact) mass is 373 g/mol. The molecular formula is C18H23N5O2S. The van der Waals surface area contributed by atoms with Crippen LogP contribution in [-0.4, -0.2) is 51.1 Å². The maximum Gasteiger partial charge on any atom is 0.240 e. The summed E-state index contributed by atoms with van der Waals surface area (Å²) in [4.78, 5) is 26.1. The van der Waals surface area contributed by atoms with E-state index in [0.29, 0.717) is 23.6 Å². The first-order valence-corrected chi connectivity index (χ1v) is 9.22. The number of amides is 2. The van der Waals surface area contributed by atoms with Crippen molar-refractivity contribution in [3.63, 3.8) is 0 Å². The molecule has 0 saturated carbocycles. The summed E-state index contributed by atoms with van der Waals surface area (Å²) in [6, 6.07) is 7.87. The van der Waals surface area contributed by atoms with Crippen molar-refractivity contribution in [1.29, 1.82) is 0 Å². The Kier molecular flexibility index (Phi) is 5.82. The number of hydrogen-bond donors (Lipinski definition) is 2. The highest BCUT2D eigenvalue weighted by Crippen LogP contribution is 2.17. The van der Waals surface area contributed by atoms with E-state index in [0.717, 1.165) is 37.1 Å². The number of aromatic amines is 1. The highest BCUT2D eigenvalue weighted by atomic mass is 32.1. The SMILES string of the molecule is Cc1ccc(-c2n[nH]c(=S)n2CC(=O)NCCC(=O)N2CCCC2)cc1. The Hall–Kier alpha value is -2.48. The molecule has 1 saturated heterocycles. The lowest BCUT2D eigenvalue weighted by molar-refractivity contribution is -0.130. The molecule has 1 aliphatic heterocycles. The molecule has 0 unspecified atom stereocenters. The van der Waals surface area contributed by atoms with Crippen LogP contribution in [0.15, 0.2) is 24.3 Å². The summed E-state index contributed by atoms with van der Waals surface area (Å²) in [5, 5.41) is 9.77. The molecule has 2 amide bonds. The Bertz CT molecular complexity index is 834. The number of benzene rings is 1. The molecular weight excluding hydrogens is 350 g/mol.